The molecule has 16 heavy (non-hydrogen) atoms. The summed E-state index contributed by atoms with van der Waals surface area (Å²) in [6, 6.07) is 11.7. The summed E-state index contributed by atoms with van der Waals surface area (Å²) in [5.74, 6) is 1.34. The predicted molar refractivity (Wildman–Crippen MR) is 66.6 cm³/mol. The zero-order valence-corrected chi connectivity index (χ0v) is 9.76. The van der Waals surface area contributed by atoms with Crippen LogP contribution in [0, 0.1) is 0 Å². The Morgan fingerprint density at radius 2 is 2.06 bits per heavy atom. The molecule has 2 heterocycles. The van der Waals surface area contributed by atoms with Gasteiger partial charge in [-0.1, -0.05) is 30.3 Å². The number of hydrogen-bond donors (Lipinski definition) is 0. The van der Waals surface area contributed by atoms with Crippen LogP contribution in [-0.4, -0.2) is 23.3 Å². The highest BCUT2D eigenvalue weighted by Crippen LogP contribution is 2.31. The van der Waals surface area contributed by atoms with Crippen LogP contribution in [0.25, 0.3) is 0 Å². The van der Waals surface area contributed by atoms with Crippen LogP contribution in [0.4, 0.5) is 0 Å². The second-order valence-corrected chi connectivity index (χ2v) is 4.87. The van der Waals surface area contributed by atoms with Crippen LogP contribution in [0.15, 0.2) is 35.3 Å². The topological polar surface area (TPSA) is 15.6 Å². The molecule has 0 aliphatic carbocycles. The molecular formula is C14H18N2. The van der Waals surface area contributed by atoms with Crippen LogP contribution in [0.1, 0.15) is 37.8 Å². The van der Waals surface area contributed by atoms with Gasteiger partial charge in [-0.25, -0.2) is 0 Å². The van der Waals surface area contributed by atoms with E-state index in [4.69, 9.17) is 4.99 Å². The lowest BCUT2D eigenvalue weighted by Gasteiger charge is -2.32. The Hall–Kier alpha value is -1.31. The van der Waals surface area contributed by atoms with Gasteiger partial charge < -0.3 is 4.90 Å². The smallest absolute Gasteiger partial charge is 0.100 e. The van der Waals surface area contributed by atoms with Crippen LogP contribution < -0.4 is 0 Å². The monoisotopic (exact) mass is 214 g/mol. The molecular weight excluding hydrogens is 196 g/mol. The summed E-state index contributed by atoms with van der Waals surface area (Å²) in [5, 5.41) is 0. The fourth-order valence-corrected chi connectivity index (χ4v) is 2.80. The highest BCUT2D eigenvalue weighted by atomic mass is 15.3. The van der Waals surface area contributed by atoms with Crippen molar-refractivity contribution in [2.45, 2.75) is 38.3 Å². The third-order valence-corrected chi connectivity index (χ3v) is 3.74. The van der Waals surface area contributed by atoms with Crippen molar-refractivity contribution in [2.24, 2.45) is 4.99 Å². The molecule has 2 unspecified atom stereocenters. The number of aliphatic imine (C=N–C) groups is 1. The molecule has 0 saturated carbocycles. The van der Waals surface area contributed by atoms with E-state index in [-0.39, 0.29) is 0 Å². The Kier molecular flexibility index (Phi) is 2.43. The maximum Gasteiger partial charge on any atom is 0.100 e. The molecule has 2 atom stereocenters. The van der Waals surface area contributed by atoms with Gasteiger partial charge in [-0.05, 0) is 25.3 Å². The summed E-state index contributed by atoms with van der Waals surface area (Å²) in [6.07, 6.45) is 3.80. The minimum absolute atomic E-state index is 0.372. The van der Waals surface area contributed by atoms with Crippen LogP contribution in [0.3, 0.4) is 0 Å². The van der Waals surface area contributed by atoms with Gasteiger partial charge in [0, 0.05) is 19.0 Å². The molecule has 0 bridgehead atoms. The zero-order valence-electron chi connectivity index (χ0n) is 9.76. The lowest BCUT2D eigenvalue weighted by atomic mass is 10.0. The van der Waals surface area contributed by atoms with Gasteiger partial charge >= 0.3 is 0 Å². The van der Waals surface area contributed by atoms with E-state index in [9.17, 15) is 0 Å². The van der Waals surface area contributed by atoms with Gasteiger partial charge in [0.1, 0.15) is 5.84 Å². The normalized spacial score (nSPS) is 28.8. The molecule has 0 N–H and O–H groups in total. The Morgan fingerprint density at radius 1 is 1.25 bits per heavy atom. The SMILES string of the molecule is CC1CCCC2=NC(c3ccccc3)CN21. The molecule has 1 fully saturated rings. The lowest BCUT2D eigenvalue weighted by Crippen LogP contribution is -2.39. The first-order valence-electron chi connectivity index (χ1n) is 6.23. The fraction of sp³-hybridized carbons (Fsp3) is 0.500. The van der Waals surface area contributed by atoms with Crippen LogP contribution in [-0.2, 0) is 0 Å². The van der Waals surface area contributed by atoms with Crippen molar-refractivity contribution >= 4 is 5.84 Å². The molecule has 84 valence electrons. The Bertz CT molecular complexity index is 396. The number of fused-ring (bicyclic) bond motifs is 1. The molecule has 0 aromatic heterocycles. The molecule has 0 spiro atoms. The highest BCUT2D eigenvalue weighted by molar-refractivity contribution is 5.85. The first kappa shape index (κ1) is 9.88. The van der Waals surface area contributed by atoms with Crippen molar-refractivity contribution in [2.75, 3.05) is 6.54 Å². The summed E-state index contributed by atoms with van der Waals surface area (Å²) in [4.78, 5) is 7.37. The van der Waals surface area contributed by atoms with Crippen LogP contribution >= 0.6 is 0 Å². The van der Waals surface area contributed by atoms with E-state index in [1.165, 1.54) is 30.7 Å². The Morgan fingerprint density at radius 3 is 2.81 bits per heavy atom. The number of piperidine rings is 1. The maximum atomic E-state index is 4.87. The molecule has 2 heteroatoms. The van der Waals surface area contributed by atoms with Crippen molar-refractivity contribution < 1.29 is 0 Å². The molecule has 3 rings (SSSR count). The average Bonchev–Trinajstić information content (AvgIpc) is 2.76. The number of hydrogen-bond acceptors (Lipinski definition) is 2. The van der Waals surface area contributed by atoms with E-state index < -0.39 is 0 Å². The average molecular weight is 214 g/mol. The quantitative estimate of drug-likeness (QED) is 0.701. The van der Waals surface area contributed by atoms with Gasteiger partial charge in [0.05, 0.1) is 6.04 Å². The molecule has 2 aliphatic rings. The molecule has 0 radical (unpaired) electrons. The summed E-state index contributed by atoms with van der Waals surface area (Å²) in [6.45, 7) is 3.41. The fourth-order valence-electron chi connectivity index (χ4n) is 2.80. The second kappa shape index (κ2) is 3.93. The summed E-state index contributed by atoms with van der Waals surface area (Å²) >= 11 is 0. The minimum atomic E-state index is 0.372. The van der Waals surface area contributed by atoms with Crippen molar-refractivity contribution in [3.05, 3.63) is 35.9 Å². The van der Waals surface area contributed by atoms with E-state index in [1.54, 1.807) is 0 Å². The summed E-state index contributed by atoms with van der Waals surface area (Å²) in [5.41, 5.74) is 1.36. The Labute approximate surface area is 97.0 Å². The van der Waals surface area contributed by atoms with Crippen molar-refractivity contribution in [1.29, 1.82) is 0 Å². The molecule has 0 amide bonds. The number of nitrogens with zero attached hydrogens (tertiary/aromatic N) is 2. The van der Waals surface area contributed by atoms with Gasteiger partial charge in [-0.3, -0.25) is 4.99 Å². The second-order valence-electron chi connectivity index (χ2n) is 4.87. The van der Waals surface area contributed by atoms with Crippen LogP contribution in [0.2, 0.25) is 0 Å². The first-order chi connectivity index (χ1) is 7.84. The molecule has 2 nitrogen and oxygen atoms in total. The van der Waals surface area contributed by atoms with Crippen molar-refractivity contribution in [1.82, 2.24) is 4.90 Å². The molecule has 1 saturated heterocycles. The van der Waals surface area contributed by atoms with Gasteiger partial charge in [0.25, 0.3) is 0 Å². The number of amidine groups is 1. The van der Waals surface area contributed by atoms with Crippen molar-refractivity contribution in [3.63, 3.8) is 0 Å². The third kappa shape index (κ3) is 1.62. The molecule has 1 aromatic rings. The predicted octanol–water partition coefficient (Wildman–Crippen LogP) is 3.01. The standard InChI is InChI=1S/C14H18N2/c1-11-6-5-9-14-15-13(10-16(11)14)12-7-3-2-4-8-12/h2-4,7-8,11,13H,5-6,9-10H2,1H3. The van der Waals surface area contributed by atoms with E-state index in [0.717, 1.165) is 6.54 Å². The van der Waals surface area contributed by atoms with Gasteiger partial charge in [0.15, 0.2) is 0 Å². The van der Waals surface area contributed by atoms with Gasteiger partial charge in [-0.2, -0.15) is 0 Å². The van der Waals surface area contributed by atoms with Crippen molar-refractivity contribution in [3.8, 4) is 0 Å². The Balaban J connectivity index is 1.84. The highest BCUT2D eigenvalue weighted by Gasteiger charge is 2.31. The summed E-state index contributed by atoms with van der Waals surface area (Å²) in [7, 11) is 0. The zero-order chi connectivity index (χ0) is 11.0. The van der Waals surface area contributed by atoms with E-state index in [1.807, 2.05) is 0 Å². The van der Waals surface area contributed by atoms with Gasteiger partial charge in [0.2, 0.25) is 0 Å². The summed E-state index contributed by atoms with van der Waals surface area (Å²) < 4.78 is 0. The first-order valence-corrected chi connectivity index (χ1v) is 6.23. The van der Waals surface area contributed by atoms with Crippen LogP contribution in [0.5, 0.6) is 0 Å². The van der Waals surface area contributed by atoms with E-state index >= 15 is 0 Å². The molecule has 1 aromatic carbocycles. The largest absolute Gasteiger partial charge is 0.355 e. The van der Waals surface area contributed by atoms with E-state index in [2.05, 4.69) is 42.2 Å². The molecule has 2 aliphatic heterocycles. The number of rotatable bonds is 1. The number of benzene rings is 1. The van der Waals surface area contributed by atoms with E-state index in [0.29, 0.717) is 12.1 Å². The minimum Gasteiger partial charge on any atom is -0.355 e. The maximum absolute atomic E-state index is 4.87. The lowest BCUT2D eigenvalue weighted by molar-refractivity contribution is 0.293. The van der Waals surface area contributed by atoms with Gasteiger partial charge in [-0.15, -0.1) is 0 Å². The third-order valence-electron chi connectivity index (χ3n) is 3.74.